The largest absolute Gasteiger partial charge is 0.480 e. The van der Waals surface area contributed by atoms with Crippen LogP contribution in [-0.2, 0) is 25.6 Å². The number of nitrogens with one attached hydrogen (secondary N) is 3. The molecule has 0 aliphatic carbocycles. The summed E-state index contributed by atoms with van der Waals surface area (Å²) in [5.74, 6) is -2.33. The molecule has 0 aliphatic rings. The first kappa shape index (κ1) is 30.8. The average molecular weight is 528 g/mol. The number of nitrogens with two attached hydrogens (primary N) is 2. The Morgan fingerprint density at radius 3 is 2.11 bits per heavy atom. The van der Waals surface area contributed by atoms with E-state index < -0.39 is 47.9 Å². The van der Waals surface area contributed by atoms with Gasteiger partial charge >= 0.3 is 5.97 Å². The Morgan fingerprint density at radius 1 is 0.943 bits per heavy atom. The summed E-state index contributed by atoms with van der Waals surface area (Å²) in [6.45, 7) is 0.504. The topological polar surface area (TPSA) is 177 Å². The van der Waals surface area contributed by atoms with Gasteiger partial charge in [0.25, 0.3) is 0 Å². The lowest BCUT2D eigenvalue weighted by atomic mass is 10.1. The zero-order chi connectivity index (χ0) is 26.2. The van der Waals surface area contributed by atoms with Gasteiger partial charge in [-0.2, -0.15) is 24.4 Å². The van der Waals surface area contributed by atoms with Crippen molar-refractivity contribution in [1.29, 1.82) is 0 Å². The molecule has 4 atom stereocenters. The summed E-state index contributed by atoms with van der Waals surface area (Å²) in [5.41, 5.74) is 12.1. The molecule has 1 rings (SSSR count). The summed E-state index contributed by atoms with van der Waals surface area (Å²) in [4.78, 5) is 49.9. The quantitative estimate of drug-likeness (QED) is 0.109. The van der Waals surface area contributed by atoms with E-state index in [9.17, 15) is 24.3 Å². The normalized spacial score (nSPS) is 14.3. The molecule has 0 saturated heterocycles. The standard InChI is InChI=1S/C23H37N5O5S2/c1-35-12-10-17(21(30)27-18(23(32)33)13-15-7-3-2-4-8-15)26-22(31)19(14-34)28-20(29)16(25)9-5-6-11-24/h2-4,7-8,16-19,34H,5-6,9-14,24-25H2,1H3,(H,26,31)(H,27,30)(H,28,29)(H,32,33). The van der Waals surface area contributed by atoms with Crippen molar-refractivity contribution in [1.82, 2.24) is 16.0 Å². The molecule has 35 heavy (non-hydrogen) atoms. The minimum absolute atomic E-state index is 0.00425. The number of hydrogen-bond acceptors (Lipinski definition) is 8. The van der Waals surface area contributed by atoms with E-state index in [0.29, 0.717) is 25.1 Å². The third-order valence-corrected chi connectivity index (χ3v) is 6.27. The Bertz CT molecular complexity index is 815. The van der Waals surface area contributed by atoms with Crippen molar-refractivity contribution in [3.8, 4) is 0 Å². The summed E-state index contributed by atoms with van der Waals surface area (Å²) in [6, 6.07) is 5.00. The Balaban J connectivity index is 2.82. The van der Waals surface area contributed by atoms with E-state index >= 15 is 0 Å². The smallest absolute Gasteiger partial charge is 0.326 e. The molecule has 0 spiro atoms. The highest BCUT2D eigenvalue weighted by Gasteiger charge is 2.29. The number of carboxylic acids is 1. The fourth-order valence-corrected chi connectivity index (χ4v) is 3.94. The maximum atomic E-state index is 12.9. The number of carbonyl (C=O) groups is 4. The van der Waals surface area contributed by atoms with E-state index in [1.54, 1.807) is 24.3 Å². The number of rotatable bonds is 17. The number of unbranched alkanes of at least 4 members (excludes halogenated alkanes) is 1. The van der Waals surface area contributed by atoms with Crippen molar-refractivity contribution in [3.05, 3.63) is 35.9 Å². The second kappa shape index (κ2) is 17.2. The van der Waals surface area contributed by atoms with E-state index in [4.69, 9.17) is 11.5 Å². The van der Waals surface area contributed by atoms with Gasteiger partial charge in [-0.25, -0.2) is 4.79 Å². The molecule has 0 saturated carbocycles. The van der Waals surface area contributed by atoms with Crippen molar-refractivity contribution in [3.63, 3.8) is 0 Å². The van der Waals surface area contributed by atoms with Gasteiger partial charge in [-0.1, -0.05) is 36.8 Å². The zero-order valence-corrected chi connectivity index (χ0v) is 21.7. The van der Waals surface area contributed by atoms with Crippen LogP contribution in [0.2, 0.25) is 0 Å². The number of amides is 3. The van der Waals surface area contributed by atoms with Crippen LogP contribution in [-0.4, -0.2) is 77.3 Å². The number of carboxylic acid groups (broad SMARTS) is 1. The van der Waals surface area contributed by atoms with Gasteiger partial charge in [0.05, 0.1) is 6.04 Å². The lowest BCUT2D eigenvalue weighted by Gasteiger charge is -2.24. The number of benzene rings is 1. The maximum absolute atomic E-state index is 12.9. The third-order valence-electron chi connectivity index (χ3n) is 5.26. The van der Waals surface area contributed by atoms with Crippen molar-refractivity contribution in [2.24, 2.45) is 11.5 Å². The van der Waals surface area contributed by atoms with Gasteiger partial charge < -0.3 is 32.5 Å². The number of thioether (sulfide) groups is 1. The van der Waals surface area contributed by atoms with Gasteiger partial charge in [-0.15, -0.1) is 0 Å². The SMILES string of the molecule is CSCCC(NC(=O)C(CS)NC(=O)C(N)CCCCN)C(=O)NC(Cc1ccccc1)C(=O)O. The van der Waals surface area contributed by atoms with E-state index in [0.717, 1.165) is 12.0 Å². The summed E-state index contributed by atoms with van der Waals surface area (Å²) < 4.78 is 0. The van der Waals surface area contributed by atoms with Crippen LogP contribution in [0.15, 0.2) is 30.3 Å². The molecule has 0 radical (unpaired) electrons. The van der Waals surface area contributed by atoms with Gasteiger partial charge in [0.15, 0.2) is 0 Å². The van der Waals surface area contributed by atoms with Crippen LogP contribution in [0.25, 0.3) is 0 Å². The fraction of sp³-hybridized carbons (Fsp3) is 0.565. The zero-order valence-electron chi connectivity index (χ0n) is 19.9. The van der Waals surface area contributed by atoms with Crippen LogP contribution in [0.5, 0.6) is 0 Å². The summed E-state index contributed by atoms with van der Waals surface area (Å²) in [7, 11) is 0. The van der Waals surface area contributed by atoms with E-state index in [1.807, 2.05) is 12.3 Å². The first-order valence-corrected chi connectivity index (χ1v) is 13.5. The Hall–Kier alpha value is -2.28. The van der Waals surface area contributed by atoms with Crippen LogP contribution >= 0.6 is 24.4 Å². The molecular formula is C23H37N5O5S2. The highest BCUT2D eigenvalue weighted by molar-refractivity contribution is 7.98. The molecule has 0 heterocycles. The Morgan fingerprint density at radius 2 is 1.54 bits per heavy atom. The van der Waals surface area contributed by atoms with E-state index in [1.165, 1.54) is 11.8 Å². The second-order valence-corrected chi connectivity index (χ2v) is 9.42. The molecule has 12 heteroatoms. The summed E-state index contributed by atoms with van der Waals surface area (Å²) in [5, 5.41) is 17.3. The lowest BCUT2D eigenvalue weighted by Crippen LogP contribution is -2.58. The van der Waals surface area contributed by atoms with Crippen LogP contribution in [0.1, 0.15) is 31.2 Å². The lowest BCUT2D eigenvalue weighted by molar-refractivity contribution is -0.142. The molecular weight excluding hydrogens is 490 g/mol. The molecule has 0 aliphatic heterocycles. The van der Waals surface area contributed by atoms with Gasteiger partial charge in [0.1, 0.15) is 18.1 Å². The van der Waals surface area contributed by atoms with Crippen LogP contribution < -0.4 is 27.4 Å². The van der Waals surface area contributed by atoms with E-state index in [2.05, 4.69) is 28.6 Å². The van der Waals surface area contributed by atoms with Crippen molar-refractivity contribution in [2.75, 3.05) is 24.3 Å². The molecule has 8 N–H and O–H groups in total. The molecule has 3 amide bonds. The minimum atomic E-state index is -1.18. The van der Waals surface area contributed by atoms with Gasteiger partial charge in [0.2, 0.25) is 17.7 Å². The predicted molar refractivity (Wildman–Crippen MR) is 141 cm³/mol. The maximum Gasteiger partial charge on any atom is 0.326 e. The first-order valence-electron chi connectivity index (χ1n) is 11.5. The monoisotopic (exact) mass is 527 g/mol. The molecule has 4 unspecified atom stereocenters. The van der Waals surface area contributed by atoms with E-state index in [-0.39, 0.29) is 18.6 Å². The van der Waals surface area contributed by atoms with Crippen LogP contribution in [0, 0.1) is 0 Å². The summed E-state index contributed by atoms with van der Waals surface area (Å²) >= 11 is 5.63. The number of carbonyl (C=O) groups excluding carboxylic acids is 3. The fourth-order valence-electron chi connectivity index (χ4n) is 3.21. The summed E-state index contributed by atoms with van der Waals surface area (Å²) in [6.07, 6.45) is 4.10. The molecule has 1 aromatic carbocycles. The van der Waals surface area contributed by atoms with Crippen LogP contribution in [0.4, 0.5) is 0 Å². The predicted octanol–water partition coefficient (Wildman–Crippen LogP) is -0.0927. The molecule has 0 fully saturated rings. The van der Waals surface area contributed by atoms with Gasteiger partial charge in [-0.05, 0) is 43.4 Å². The number of hydrogen-bond donors (Lipinski definition) is 7. The highest BCUT2D eigenvalue weighted by Crippen LogP contribution is 2.07. The number of aliphatic carboxylic acids is 1. The Labute approximate surface area is 216 Å². The molecule has 1 aromatic rings. The molecule has 0 aromatic heterocycles. The van der Waals surface area contributed by atoms with Crippen LogP contribution in [0.3, 0.4) is 0 Å². The minimum Gasteiger partial charge on any atom is -0.480 e. The molecule has 0 bridgehead atoms. The van der Waals surface area contributed by atoms with Gasteiger partial charge in [-0.3, -0.25) is 14.4 Å². The average Bonchev–Trinajstić information content (AvgIpc) is 2.84. The first-order chi connectivity index (χ1) is 16.7. The molecule has 196 valence electrons. The van der Waals surface area contributed by atoms with Crippen molar-refractivity contribution in [2.45, 2.75) is 56.3 Å². The Kier molecular flexibility index (Phi) is 15.1. The van der Waals surface area contributed by atoms with Crippen molar-refractivity contribution >= 4 is 48.1 Å². The second-order valence-electron chi connectivity index (χ2n) is 8.07. The third kappa shape index (κ3) is 11.8. The van der Waals surface area contributed by atoms with Gasteiger partial charge in [0, 0.05) is 12.2 Å². The number of thiol groups is 1. The molecule has 10 nitrogen and oxygen atoms in total. The van der Waals surface area contributed by atoms with Crippen molar-refractivity contribution < 1.29 is 24.3 Å². The highest BCUT2D eigenvalue weighted by atomic mass is 32.2.